The first kappa shape index (κ1) is 12.6. The predicted octanol–water partition coefficient (Wildman–Crippen LogP) is 2.64. The SMILES string of the molecule is CCO/C=N\NC(=O)c1cc2ccc(Br)cc2[nH]1. The standard InChI is InChI=1S/C12H12BrN3O2/c1-2-18-7-14-16-12(17)11-5-8-3-4-9(13)6-10(8)15-11/h3-7,15H,2H2,1H3,(H,16,17)/b14-7-. The van der Waals surface area contributed by atoms with Gasteiger partial charge in [-0.2, -0.15) is 0 Å². The zero-order valence-electron chi connectivity index (χ0n) is 9.74. The number of amides is 1. The number of carbonyl (C=O) groups is 1. The molecule has 2 rings (SSSR count). The maximum absolute atomic E-state index is 11.7. The van der Waals surface area contributed by atoms with E-state index in [-0.39, 0.29) is 5.91 Å². The van der Waals surface area contributed by atoms with Crippen molar-refractivity contribution in [2.24, 2.45) is 5.10 Å². The van der Waals surface area contributed by atoms with Gasteiger partial charge in [-0.15, -0.1) is 5.10 Å². The first-order chi connectivity index (χ1) is 8.70. The molecule has 94 valence electrons. The second kappa shape index (κ2) is 5.68. The van der Waals surface area contributed by atoms with E-state index >= 15 is 0 Å². The van der Waals surface area contributed by atoms with Crippen LogP contribution in [0, 0.1) is 0 Å². The number of nitrogens with one attached hydrogen (secondary N) is 2. The molecule has 0 spiro atoms. The Morgan fingerprint density at radius 1 is 1.56 bits per heavy atom. The molecule has 5 nitrogen and oxygen atoms in total. The average molecular weight is 310 g/mol. The molecule has 1 amide bonds. The summed E-state index contributed by atoms with van der Waals surface area (Å²) in [6.45, 7) is 2.35. The zero-order valence-corrected chi connectivity index (χ0v) is 11.3. The third-order valence-electron chi connectivity index (χ3n) is 2.29. The maximum Gasteiger partial charge on any atom is 0.287 e. The zero-order chi connectivity index (χ0) is 13.0. The van der Waals surface area contributed by atoms with Crippen molar-refractivity contribution >= 4 is 39.1 Å². The predicted molar refractivity (Wildman–Crippen MR) is 73.6 cm³/mol. The van der Waals surface area contributed by atoms with Gasteiger partial charge in [-0.25, -0.2) is 5.43 Å². The molecule has 6 heteroatoms. The highest BCUT2D eigenvalue weighted by Gasteiger charge is 2.08. The van der Waals surface area contributed by atoms with E-state index in [0.717, 1.165) is 15.4 Å². The number of nitrogens with zero attached hydrogens (tertiary/aromatic N) is 1. The summed E-state index contributed by atoms with van der Waals surface area (Å²) in [5, 5.41) is 4.62. The Morgan fingerprint density at radius 2 is 2.39 bits per heavy atom. The summed E-state index contributed by atoms with van der Waals surface area (Å²) in [6, 6.07) is 7.53. The Hall–Kier alpha value is -1.82. The van der Waals surface area contributed by atoms with Crippen molar-refractivity contribution in [2.45, 2.75) is 6.92 Å². The number of hydrazone groups is 1. The van der Waals surface area contributed by atoms with Crippen LogP contribution in [-0.2, 0) is 4.74 Å². The summed E-state index contributed by atoms with van der Waals surface area (Å²) in [4.78, 5) is 14.8. The van der Waals surface area contributed by atoms with Crippen molar-refractivity contribution in [3.63, 3.8) is 0 Å². The number of carbonyl (C=O) groups excluding carboxylic acids is 1. The van der Waals surface area contributed by atoms with Crippen LogP contribution in [0.15, 0.2) is 33.8 Å². The molecule has 0 unspecified atom stereocenters. The van der Waals surface area contributed by atoms with Gasteiger partial charge >= 0.3 is 0 Å². The number of aromatic amines is 1. The molecule has 1 heterocycles. The normalized spacial score (nSPS) is 11.0. The molecule has 0 saturated heterocycles. The summed E-state index contributed by atoms with van der Waals surface area (Å²) in [5.41, 5.74) is 3.72. The van der Waals surface area contributed by atoms with E-state index in [2.05, 4.69) is 31.4 Å². The Morgan fingerprint density at radius 3 is 3.17 bits per heavy atom. The third kappa shape index (κ3) is 2.89. The first-order valence-electron chi connectivity index (χ1n) is 5.42. The number of H-pyrrole nitrogens is 1. The lowest BCUT2D eigenvalue weighted by molar-refractivity contribution is 0.0949. The van der Waals surface area contributed by atoms with Gasteiger partial charge in [0.05, 0.1) is 6.61 Å². The van der Waals surface area contributed by atoms with Crippen molar-refractivity contribution in [2.75, 3.05) is 6.61 Å². The monoisotopic (exact) mass is 309 g/mol. The smallest absolute Gasteiger partial charge is 0.287 e. The van der Waals surface area contributed by atoms with E-state index in [1.165, 1.54) is 6.40 Å². The van der Waals surface area contributed by atoms with E-state index in [4.69, 9.17) is 4.74 Å². The van der Waals surface area contributed by atoms with Crippen LogP contribution in [0.25, 0.3) is 10.9 Å². The molecule has 0 bridgehead atoms. The van der Waals surface area contributed by atoms with Crippen LogP contribution in [0.1, 0.15) is 17.4 Å². The molecule has 0 aliphatic heterocycles. The van der Waals surface area contributed by atoms with Gasteiger partial charge in [0.1, 0.15) is 5.69 Å². The van der Waals surface area contributed by atoms with Gasteiger partial charge in [0.25, 0.3) is 5.91 Å². The molecule has 0 radical (unpaired) electrons. The van der Waals surface area contributed by atoms with Crippen LogP contribution in [0.3, 0.4) is 0 Å². The molecule has 0 aliphatic rings. The summed E-state index contributed by atoms with van der Waals surface area (Å²) in [6.07, 6.45) is 1.21. The fourth-order valence-corrected chi connectivity index (χ4v) is 1.84. The molecule has 2 N–H and O–H groups in total. The molecular formula is C12H12BrN3O2. The van der Waals surface area contributed by atoms with Gasteiger partial charge in [-0.1, -0.05) is 22.0 Å². The van der Waals surface area contributed by atoms with Crippen LogP contribution >= 0.6 is 15.9 Å². The fourth-order valence-electron chi connectivity index (χ4n) is 1.48. The molecule has 18 heavy (non-hydrogen) atoms. The van der Waals surface area contributed by atoms with Crippen molar-refractivity contribution < 1.29 is 9.53 Å². The molecule has 0 fully saturated rings. The van der Waals surface area contributed by atoms with E-state index < -0.39 is 0 Å². The van der Waals surface area contributed by atoms with Crippen molar-refractivity contribution in [1.29, 1.82) is 0 Å². The summed E-state index contributed by atoms with van der Waals surface area (Å²) < 4.78 is 5.83. The van der Waals surface area contributed by atoms with E-state index in [0.29, 0.717) is 12.3 Å². The van der Waals surface area contributed by atoms with Crippen molar-refractivity contribution in [3.8, 4) is 0 Å². The Bertz CT molecular complexity index is 592. The lowest BCUT2D eigenvalue weighted by Gasteiger charge is -1.96. The molecule has 2 aromatic rings. The maximum atomic E-state index is 11.7. The first-order valence-corrected chi connectivity index (χ1v) is 6.21. The average Bonchev–Trinajstić information content (AvgIpc) is 2.77. The summed E-state index contributed by atoms with van der Waals surface area (Å²) in [7, 11) is 0. The minimum atomic E-state index is -0.307. The number of rotatable bonds is 4. The molecule has 1 aromatic carbocycles. The highest BCUT2D eigenvalue weighted by atomic mass is 79.9. The van der Waals surface area contributed by atoms with Gasteiger partial charge in [0.15, 0.2) is 6.40 Å². The van der Waals surface area contributed by atoms with Crippen LogP contribution in [-0.4, -0.2) is 23.9 Å². The largest absolute Gasteiger partial charge is 0.482 e. The lowest BCUT2D eigenvalue weighted by atomic mass is 10.2. The molecule has 0 atom stereocenters. The molecule has 0 saturated carbocycles. The molecule has 1 aromatic heterocycles. The quantitative estimate of drug-likeness (QED) is 0.518. The van der Waals surface area contributed by atoms with E-state index in [1.54, 1.807) is 6.07 Å². The number of halogens is 1. The Kier molecular flexibility index (Phi) is 3.99. The minimum absolute atomic E-state index is 0.307. The summed E-state index contributed by atoms with van der Waals surface area (Å²) >= 11 is 3.38. The van der Waals surface area contributed by atoms with Crippen molar-refractivity contribution in [3.05, 3.63) is 34.4 Å². The van der Waals surface area contributed by atoms with Crippen LogP contribution in [0.5, 0.6) is 0 Å². The Labute approximate surface area is 112 Å². The minimum Gasteiger partial charge on any atom is -0.482 e. The fraction of sp³-hybridized carbons (Fsp3) is 0.167. The van der Waals surface area contributed by atoms with Crippen LogP contribution in [0.2, 0.25) is 0 Å². The lowest BCUT2D eigenvalue weighted by Crippen LogP contribution is -2.18. The molecule has 0 aliphatic carbocycles. The second-order valence-corrected chi connectivity index (χ2v) is 4.46. The molecular weight excluding hydrogens is 298 g/mol. The van der Waals surface area contributed by atoms with Gasteiger partial charge < -0.3 is 9.72 Å². The third-order valence-corrected chi connectivity index (χ3v) is 2.78. The number of aromatic nitrogens is 1. The van der Waals surface area contributed by atoms with E-state index in [9.17, 15) is 4.79 Å². The van der Waals surface area contributed by atoms with Crippen LogP contribution in [0.4, 0.5) is 0 Å². The summed E-state index contributed by atoms with van der Waals surface area (Å²) in [5.74, 6) is -0.307. The van der Waals surface area contributed by atoms with Gasteiger partial charge in [0.2, 0.25) is 0 Å². The second-order valence-electron chi connectivity index (χ2n) is 3.55. The Balaban J connectivity index is 2.13. The number of hydrogen-bond acceptors (Lipinski definition) is 3. The van der Waals surface area contributed by atoms with Gasteiger partial charge in [-0.05, 0) is 25.1 Å². The van der Waals surface area contributed by atoms with Crippen molar-refractivity contribution in [1.82, 2.24) is 10.4 Å². The number of hydrogen-bond donors (Lipinski definition) is 2. The topological polar surface area (TPSA) is 66.5 Å². The highest BCUT2D eigenvalue weighted by molar-refractivity contribution is 9.10. The van der Waals surface area contributed by atoms with E-state index in [1.807, 2.05) is 25.1 Å². The number of benzene rings is 1. The number of ether oxygens (including phenoxy) is 1. The van der Waals surface area contributed by atoms with Gasteiger partial charge in [-0.3, -0.25) is 4.79 Å². The highest BCUT2D eigenvalue weighted by Crippen LogP contribution is 2.20. The van der Waals surface area contributed by atoms with Crippen LogP contribution < -0.4 is 5.43 Å². The number of fused-ring (bicyclic) bond motifs is 1. The van der Waals surface area contributed by atoms with Gasteiger partial charge in [0, 0.05) is 15.4 Å².